The summed E-state index contributed by atoms with van der Waals surface area (Å²) in [5.41, 5.74) is 3.59. The zero-order chi connectivity index (χ0) is 22.3. The Morgan fingerprint density at radius 3 is 2.55 bits per heavy atom. The first-order valence-electron chi connectivity index (χ1n) is 11.5. The molecule has 6 heteroatoms. The summed E-state index contributed by atoms with van der Waals surface area (Å²) in [7, 11) is 4.18. The molecule has 0 saturated heterocycles. The first-order valence-corrected chi connectivity index (χ1v) is 11.5. The van der Waals surface area contributed by atoms with Crippen LogP contribution in [-0.2, 0) is 4.79 Å². The number of carboxylic acids is 1. The zero-order valence-electron chi connectivity index (χ0n) is 18.9. The van der Waals surface area contributed by atoms with Crippen LogP contribution in [0.1, 0.15) is 69.8 Å². The van der Waals surface area contributed by atoms with Crippen LogP contribution < -0.4 is 10.1 Å². The highest BCUT2D eigenvalue weighted by Crippen LogP contribution is 2.39. The number of carboxylic acid groups (broad SMARTS) is 1. The van der Waals surface area contributed by atoms with Gasteiger partial charge >= 0.3 is 12.1 Å². The van der Waals surface area contributed by atoms with Gasteiger partial charge in [0.15, 0.2) is 0 Å². The van der Waals surface area contributed by atoms with E-state index in [4.69, 9.17) is 4.74 Å². The second-order valence-corrected chi connectivity index (χ2v) is 9.43. The van der Waals surface area contributed by atoms with E-state index in [-0.39, 0.29) is 11.8 Å². The number of nitrogens with one attached hydrogen (secondary N) is 1. The summed E-state index contributed by atoms with van der Waals surface area (Å²) in [5, 5.41) is 12.1. The second kappa shape index (κ2) is 10.8. The molecule has 3 rings (SSSR count). The molecule has 1 saturated carbocycles. The summed E-state index contributed by atoms with van der Waals surface area (Å²) in [6.07, 6.45) is 8.96. The van der Waals surface area contributed by atoms with Crippen molar-refractivity contribution in [3.8, 4) is 5.75 Å². The molecule has 0 aliphatic heterocycles. The van der Waals surface area contributed by atoms with Crippen LogP contribution in [0.5, 0.6) is 5.75 Å². The van der Waals surface area contributed by atoms with E-state index in [9.17, 15) is 14.7 Å². The fourth-order valence-corrected chi connectivity index (χ4v) is 5.06. The van der Waals surface area contributed by atoms with Gasteiger partial charge < -0.3 is 20.1 Å². The van der Waals surface area contributed by atoms with E-state index in [1.807, 2.05) is 12.1 Å². The maximum atomic E-state index is 12.5. The molecule has 2 aliphatic rings. The Morgan fingerprint density at radius 2 is 1.84 bits per heavy atom. The van der Waals surface area contributed by atoms with Gasteiger partial charge in [-0.05, 0) is 81.3 Å². The van der Waals surface area contributed by atoms with Gasteiger partial charge in [0, 0.05) is 13.1 Å². The van der Waals surface area contributed by atoms with Crippen molar-refractivity contribution in [3.63, 3.8) is 0 Å². The Bertz CT molecular complexity index is 809. The van der Waals surface area contributed by atoms with E-state index in [0.29, 0.717) is 12.3 Å². The number of allylic oxidation sites excluding steroid dienone is 1. The van der Waals surface area contributed by atoms with Crippen molar-refractivity contribution in [1.29, 1.82) is 0 Å². The van der Waals surface area contributed by atoms with Gasteiger partial charge in [-0.15, -0.1) is 0 Å². The van der Waals surface area contributed by atoms with E-state index in [1.54, 1.807) is 6.07 Å². The normalized spacial score (nSPS) is 18.7. The first-order chi connectivity index (χ1) is 14.9. The minimum Gasteiger partial charge on any atom is -0.481 e. The van der Waals surface area contributed by atoms with Gasteiger partial charge in [-0.3, -0.25) is 4.79 Å². The van der Waals surface area contributed by atoms with E-state index in [2.05, 4.69) is 30.4 Å². The highest BCUT2D eigenvalue weighted by Gasteiger charge is 2.35. The van der Waals surface area contributed by atoms with Gasteiger partial charge in [0.1, 0.15) is 5.75 Å². The van der Waals surface area contributed by atoms with Crippen LogP contribution in [0.3, 0.4) is 0 Å². The van der Waals surface area contributed by atoms with Gasteiger partial charge in [-0.2, -0.15) is 0 Å². The number of carbonyl (C=O) groups excluding carboxylic acids is 1. The molecule has 1 amide bonds. The third-order valence-corrected chi connectivity index (χ3v) is 6.53. The largest absolute Gasteiger partial charge is 0.481 e. The fourth-order valence-electron chi connectivity index (χ4n) is 5.06. The highest BCUT2D eigenvalue weighted by atomic mass is 16.6. The molecule has 0 aromatic heterocycles. The number of hydrogen-bond donors (Lipinski definition) is 2. The first kappa shape index (κ1) is 23.3. The molecule has 0 atom stereocenters. The summed E-state index contributed by atoms with van der Waals surface area (Å²) in [6, 6.07) is 7.76. The van der Waals surface area contributed by atoms with Gasteiger partial charge in [0.05, 0.1) is 6.42 Å². The van der Waals surface area contributed by atoms with Gasteiger partial charge in [-0.25, -0.2) is 4.79 Å². The lowest BCUT2D eigenvalue weighted by Crippen LogP contribution is -2.41. The quantitative estimate of drug-likeness (QED) is 0.603. The van der Waals surface area contributed by atoms with Crippen molar-refractivity contribution in [2.45, 2.75) is 64.2 Å². The fraction of sp³-hybridized carbons (Fsp3) is 0.600. The number of hydrogen-bond acceptors (Lipinski definition) is 4. The number of amides is 1. The van der Waals surface area contributed by atoms with Crippen LogP contribution in [0.2, 0.25) is 0 Å². The lowest BCUT2D eigenvalue weighted by molar-refractivity contribution is -0.140. The summed E-state index contributed by atoms with van der Waals surface area (Å²) < 4.78 is 5.57. The lowest BCUT2D eigenvalue weighted by atomic mass is 9.72. The Balaban J connectivity index is 1.65. The predicted octanol–water partition coefficient (Wildman–Crippen LogP) is 5.09. The van der Waals surface area contributed by atoms with Gasteiger partial charge in [-0.1, -0.05) is 37.0 Å². The highest BCUT2D eigenvalue weighted by molar-refractivity contribution is 5.74. The maximum Gasteiger partial charge on any atom is 0.412 e. The van der Waals surface area contributed by atoms with Crippen LogP contribution in [0.25, 0.3) is 5.57 Å². The van der Waals surface area contributed by atoms with Crippen molar-refractivity contribution < 1.29 is 19.4 Å². The number of rotatable bonds is 8. The Hall–Kier alpha value is -2.34. The van der Waals surface area contributed by atoms with E-state index < -0.39 is 12.1 Å². The smallest absolute Gasteiger partial charge is 0.412 e. The number of benzene rings is 1. The third kappa shape index (κ3) is 6.82. The van der Waals surface area contributed by atoms with E-state index in [0.717, 1.165) is 57.1 Å². The Morgan fingerprint density at radius 1 is 1.10 bits per heavy atom. The molecular formula is C25H36N2O4. The molecular weight excluding hydrogens is 392 g/mol. The summed E-state index contributed by atoms with van der Waals surface area (Å²) >= 11 is 0. The summed E-state index contributed by atoms with van der Waals surface area (Å²) in [5.74, 6) is -0.285. The molecule has 1 aromatic rings. The van der Waals surface area contributed by atoms with Crippen LogP contribution >= 0.6 is 0 Å². The van der Waals surface area contributed by atoms with Crippen LogP contribution in [-0.4, -0.2) is 49.3 Å². The molecule has 0 unspecified atom stereocenters. The molecule has 170 valence electrons. The monoisotopic (exact) mass is 428 g/mol. The number of carbonyl (C=O) groups is 2. The predicted molar refractivity (Wildman–Crippen MR) is 122 cm³/mol. The average Bonchev–Trinajstić information content (AvgIpc) is 2.73. The molecule has 31 heavy (non-hydrogen) atoms. The van der Waals surface area contributed by atoms with E-state index >= 15 is 0 Å². The minimum absolute atomic E-state index is 0.0889. The van der Waals surface area contributed by atoms with Gasteiger partial charge in [0.25, 0.3) is 0 Å². The van der Waals surface area contributed by atoms with Crippen LogP contribution in [0, 0.1) is 5.41 Å². The number of ether oxygens (including phenoxy) is 1. The lowest BCUT2D eigenvalue weighted by Gasteiger charge is -2.36. The molecule has 0 bridgehead atoms. The molecule has 0 heterocycles. The van der Waals surface area contributed by atoms with Crippen molar-refractivity contribution in [1.82, 2.24) is 10.2 Å². The second-order valence-electron chi connectivity index (χ2n) is 9.43. The SMILES string of the molecule is CN(C)CC1=C(c2cccc(OC(=O)NCC3(CC(=O)O)CCCCC3)c2)CCCC1. The molecule has 1 aromatic carbocycles. The van der Waals surface area contributed by atoms with Crippen molar-refractivity contribution in [3.05, 3.63) is 35.4 Å². The molecule has 0 spiro atoms. The molecule has 6 nitrogen and oxygen atoms in total. The Labute approximate surface area is 185 Å². The molecule has 1 fully saturated rings. The molecule has 2 aliphatic carbocycles. The summed E-state index contributed by atoms with van der Waals surface area (Å²) in [6.45, 7) is 1.29. The average molecular weight is 429 g/mol. The zero-order valence-corrected chi connectivity index (χ0v) is 18.9. The third-order valence-electron chi connectivity index (χ3n) is 6.53. The Kier molecular flexibility index (Phi) is 8.13. The number of nitrogens with zero attached hydrogens (tertiary/aromatic N) is 1. The van der Waals surface area contributed by atoms with Crippen molar-refractivity contribution in [2.24, 2.45) is 5.41 Å². The van der Waals surface area contributed by atoms with Crippen molar-refractivity contribution >= 4 is 17.6 Å². The maximum absolute atomic E-state index is 12.5. The van der Waals surface area contributed by atoms with Crippen LogP contribution in [0.15, 0.2) is 29.8 Å². The molecule has 2 N–H and O–H groups in total. The van der Waals surface area contributed by atoms with E-state index in [1.165, 1.54) is 24.0 Å². The number of likely N-dealkylation sites (N-methyl/N-ethyl adjacent to an activating group) is 1. The van der Waals surface area contributed by atoms with Crippen LogP contribution in [0.4, 0.5) is 4.79 Å². The van der Waals surface area contributed by atoms with Crippen molar-refractivity contribution in [2.75, 3.05) is 27.2 Å². The standard InChI is InChI=1S/C25H36N2O4/c1-27(2)17-20-9-4-5-12-22(20)19-10-8-11-21(15-19)31-24(30)26-18-25(16-23(28)29)13-6-3-7-14-25/h8,10-11,15H,3-7,9,12-14,16-18H2,1-2H3,(H,26,30)(H,28,29). The topological polar surface area (TPSA) is 78.9 Å². The number of aliphatic carboxylic acids is 1. The molecule has 0 radical (unpaired) electrons. The van der Waals surface area contributed by atoms with Gasteiger partial charge in [0.2, 0.25) is 0 Å². The summed E-state index contributed by atoms with van der Waals surface area (Å²) in [4.78, 5) is 26.0. The minimum atomic E-state index is -0.806.